The van der Waals surface area contributed by atoms with E-state index in [1.54, 1.807) is 16.9 Å². The van der Waals surface area contributed by atoms with Crippen molar-refractivity contribution in [3.8, 4) is 11.1 Å². The van der Waals surface area contributed by atoms with Crippen molar-refractivity contribution in [3.63, 3.8) is 0 Å². The minimum Gasteiger partial charge on any atom is -0.396 e. The lowest BCUT2D eigenvalue weighted by Crippen LogP contribution is -2.18. The van der Waals surface area contributed by atoms with Crippen molar-refractivity contribution < 1.29 is 9.13 Å². The molecule has 0 aliphatic carbocycles. The Hall–Kier alpha value is -1.59. The van der Waals surface area contributed by atoms with Crippen LogP contribution in [0.1, 0.15) is 25.5 Å². The summed E-state index contributed by atoms with van der Waals surface area (Å²) in [7, 11) is 0. The van der Waals surface area contributed by atoms with E-state index in [0.717, 1.165) is 31.4 Å². The molecule has 1 aliphatic rings. The molecule has 1 aromatic heterocycles. The highest BCUT2D eigenvalue weighted by Crippen LogP contribution is 2.33. The van der Waals surface area contributed by atoms with E-state index in [9.17, 15) is 4.39 Å². The Balaban J connectivity index is 1.92. The molecule has 1 atom stereocenters. The normalized spacial score (nSPS) is 19.2. The summed E-state index contributed by atoms with van der Waals surface area (Å²) in [5.74, 6) is -0.592. The lowest BCUT2D eigenvalue weighted by Gasteiger charge is -2.22. The topological polar surface area (TPSA) is 53.1 Å². The van der Waals surface area contributed by atoms with Gasteiger partial charge in [0, 0.05) is 23.9 Å². The largest absolute Gasteiger partial charge is 0.396 e. The highest BCUT2D eigenvalue weighted by molar-refractivity contribution is 6.33. The molecule has 1 aromatic carbocycles. The van der Waals surface area contributed by atoms with Crippen LogP contribution in [0.4, 0.5) is 10.1 Å². The second-order valence-electron chi connectivity index (χ2n) is 4.86. The van der Waals surface area contributed by atoms with Gasteiger partial charge in [-0.2, -0.15) is 5.10 Å². The predicted molar refractivity (Wildman–Crippen MR) is 75.9 cm³/mol. The van der Waals surface area contributed by atoms with Gasteiger partial charge in [-0.1, -0.05) is 17.7 Å². The van der Waals surface area contributed by atoms with Gasteiger partial charge in [0.15, 0.2) is 5.82 Å². The number of hydrogen-bond acceptors (Lipinski definition) is 3. The molecule has 4 nitrogen and oxygen atoms in total. The molecule has 106 valence electrons. The molecule has 2 heterocycles. The maximum atomic E-state index is 13.7. The van der Waals surface area contributed by atoms with Crippen LogP contribution < -0.4 is 5.73 Å². The van der Waals surface area contributed by atoms with Crippen molar-refractivity contribution in [1.82, 2.24) is 9.78 Å². The predicted octanol–water partition coefficient (Wildman–Crippen LogP) is 3.62. The zero-order valence-electron chi connectivity index (χ0n) is 10.9. The molecular formula is C14H15ClFN3O. The van der Waals surface area contributed by atoms with Gasteiger partial charge in [-0.3, -0.25) is 0 Å². The molecule has 2 aromatic rings. The molecule has 0 radical (unpaired) electrons. The third kappa shape index (κ3) is 2.39. The SMILES string of the molecule is Nc1ccc(-c2cnn(C3CCCCO3)c2)c(Cl)c1F. The molecule has 3 rings (SSSR count). The molecule has 0 spiro atoms. The minimum absolute atomic E-state index is 0.0223. The van der Waals surface area contributed by atoms with E-state index in [0.29, 0.717) is 5.56 Å². The second-order valence-corrected chi connectivity index (χ2v) is 5.24. The van der Waals surface area contributed by atoms with E-state index in [1.807, 2.05) is 6.20 Å². The van der Waals surface area contributed by atoms with Crippen molar-refractivity contribution in [2.75, 3.05) is 12.3 Å². The molecule has 0 amide bonds. The summed E-state index contributed by atoms with van der Waals surface area (Å²) in [6.45, 7) is 0.747. The van der Waals surface area contributed by atoms with E-state index < -0.39 is 5.82 Å². The standard InChI is InChI=1S/C14H15ClFN3O/c15-13-10(4-5-11(17)14(13)16)9-7-18-19(8-9)12-3-1-2-6-20-12/h4-5,7-8,12H,1-3,6,17H2. The fourth-order valence-electron chi connectivity index (χ4n) is 2.35. The van der Waals surface area contributed by atoms with Gasteiger partial charge < -0.3 is 10.5 Å². The Morgan fingerprint density at radius 2 is 2.25 bits per heavy atom. The number of benzene rings is 1. The Labute approximate surface area is 121 Å². The number of aromatic nitrogens is 2. The van der Waals surface area contributed by atoms with Gasteiger partial charge in [0.05, 0.1) is 16.9 Å². The Kier molecular flexibility index (Phi) is 3.63. The zero-order valence-corrected chi connectivity index (χ0v) is 11.6. The number of nitrogen functional groups attached to an aromatic ring is 1. The Bertz CT molecular complexity index is 623. The molecule has 6 heteroatoms. The first kappa shape index (κ1) is 13.4. The van der Waals surface area contributed by atoms with Crippen LogP contribution in [0, 0.1) is 5.82 Å². The fraction of sp³-hybridized carbons (Fsp3) is 0.357. The van der Waals surface area contributed by atoms with Crippen LogP contribution in [0.15, 0.2) is 24.5 Å². The summed E-state index contributed by atoms with van der Waals surface area (Å²) in [4.78, 5) is 0. The molecule has 2 N–H and O–H groups in total. The van der Waals surface area contributed by atoms with E-state index in [4.69, 9.17) is 22.1 Å². The number of nitrogens with zero attached hydrogens (tertiary/aromatic N) is 2. The quantitative estimate of drug-likeness (QED) is 0.861. The number of ether oxygens (including phenoxy) is 1. The summed E-state index contributed by atoms with van der Waals surface area (Å²) in [5, 5.41) is 4.31. The van der Waals surface area contributed by atoms with Crippen molar-refractivity contribution >= 4 is 17.3 Å². The maximum absolute atomic E-state index is 13.7. The van der Waals surface area contributed by atoms with Gasteiger partial charge in [0.25, 0.3) is 0 Å². The monoisotopic (exact) mass is 295 g/mol. The second kappa shape index (κ2) is 5.42. The number of nitrogens with two attached hydrogens (primary N) is 1. The van der Waals surface area contributed by atoms with Crippen LogP contribution in [-0.2, 0) is 4.74 Å². The van der Waals surface area contributed by atoms with Crippen molar-refractivity contribution in [2.24, 2.45) is 0 Å². The Morgan fingerprint density at radius 1 is 1.40 bits per heavy atom. The van der Waals surface area contributed by atoms with Crippen molar-refractivity contribution in [1.29, 1.82) is 0 Å². The fourth-order valence-corrected chi connectivity index (χ4v) is 2.64. The number of anilines is 1. The average molecular weight is 296 g/mol. The molecule has 0 saturated carbocycles. The number of rotatable bonds is 2. The zero-order chi connectivity index (χ0) is 14.1. The van der Waals surface area contributed by atoms with E-state index in [2.05, 4.69) is 5.10 Å². The molecule has 1 unspecified atom stereocenters. The third-order valence-electron chi connectivity index (χ3n) is 3.48. The lowest BCUT2D eigenvalue weighted by atomic mass is 10.1. The summed E-state index contributed by atoms with van der Waals surface area (Å²) in [6, 6.07) is 3.20. The van der Waals surface area contributed by atoms with Gasteiger partial charge in [0.1, 0.15) is 6.23 Å². The highest BCUT2D eigenvalue weighted by Gasteiger charge is 2.18. The molecule has 1 aliphatic heterocycles. The summed E-state index contributed by atoms with van der Waals surface area (Å²) in [5.41, 5.74) is 6.87. The molecule has 1 fully saturated rings. The van der Waals surface area contributed by atoms with Gasteiger partial charge in [-0.25, -0.2) is 9.07 Å². The van der Waals surface area contributed by atoms with Crippen LogP contribution in [0.5, 0.6) is 0 Å². The lowest BCUT2D eigenvalue weighted by molar-refractivity contribution is -0.0394. The average Bonchev–Trinajstić information content (AvgIpc) is 2.95. The van der Waals surface area contributed by atoms with Crippen LogP contribution in [0.2, 0.25) is 5.02 Å². The maximum Gasteiger partial charge on any atom is 0.165 e. The molecular weight excluding hydrogens is 281 g/mol. The van der Waals surface area contributed by atoms with E-state index in [-0.39, 0.29) is 16.9 Å². The summed E-state index contributed by atoms with van der Waals surface area (Å²) < 4.78 is 21.2. The molecule has 1 saturated heterocycles. The molecule has 0 bridgehead atoms. The van der Waals surface area contributed by atoms with Crippen LogP contribution >= 0.6 is 11.6 Å². The van der Waals surface area contributed by atoms with Gasteiger partial charge in [-0.05, 0) is 25.3 Å². The Morgan fingerprint density at radius 3 is 3.00 bits per heavy atom. The van der Waals surface area contributed by atoms with Crippen LogP contribution in [0.25, 0.3) is 11.1 Å². The first-order chi connectivity index (χ1) is 9.66. The molecule has 20 heavy (non-hydrogen) atoms. The van der Waals surface area contributed by atoms with Gasteiger partial charge in [-0.15, -0.1) is 0 Å². The van der Waals surface area contributed by atoms with E-state index >= 15 is 0 Å². The minimum atomic E-state index is -0.592. The summed E-state index contributed by atoms with van der Waals surface area (Å²) >= 11 is 6.00. The third-order valence-corrected chi connectivity index (χ3v) is 3.84. The smallest absolute Gasteiger partial charge is 0.165 e. The highest BCUT2D eigenvalue weighted by atomic mass is 35.5. The first-order valence-corrected chi connectivity index (χ1v) is 6.94. The van der Waals surface area contributed by atoms with Crippen LogP contribution in [-0.4, -0.2) is 16.4 Å². The van der Waals surface area contributed by atoms with Crippen LogP contribution in [0.3, 0.4) is 0 Å². The van der Waals surface area contributed by atoms with Crippen molar-refractivity contribution in [2.45, 2.75) is 25.5 Å². The van der Waals surface area contributed by atoms with Gasteiger partial charge >= 0.3 is 0 Å². The summed E-state index contributed by atoms with van der Waals surface area (Å²) in [6.07, 6.45) is 6.58. The number of hydrogen-bond donors (Lipinski definition) is 1. The van der Waals surface area contributed by atoms with Gasteiger partial charge in [0.2, 0.25) is 0 Å². The first-order valence-electron chi connectivity index (χ1n) is 6.56. The number of halogens is 2. The van der Waals surface area contributed by atoms with E-state index in [1.165, 1.54) is 6.07 Å². The van der Waals surface area contributed by atoms with Crippen molar-refractivity contribution in [3.05, 3.63) is 35.4 Å².